The Hall–Kier alpha value is -2.36. The van der Waals surface area contributed by atoms with Gasteiger partial charge in [0.05, 0.1) is 32.0 Å². The van der Waals surface area contributed by atoms with Gasteiger partial charge in [0.2, 0.25) is 0 Å². The number of sulfonamides is 1. The number of anilines is 1. The van der Waals surface area contributed by atoms with E-state index in [2.05, 4.69) is 0 Å². The first-order valence-corrected chi connectivity index (χ1v) is 9.85. The van der Waals surface area contributed by atoms with Crippen LogP contribution in [0.1, 0.15) is 0 Å². The molecule has 8 nitrogen and oxygen atoms in total. The number of hydrogen-bond acceptors (Lipinski definition) is 6. The molecular weight excluding hydrogens is 433 g/mol. The predicted molar refractivity (Wildman–Crippen MR) is 105 cm³/mol. The van der Waals surface area contributed by atoms with E-state index in [1.54, 1.807) is 0 Å². The first kappa shape index (κ1) is 21.9. The van der Waals surface area contributed by atoms with Crippen LogP contribution in [0.3, 0.4) is 0 Å². The van der Waals surface area contributed by atoms with E-state index in [4.69, 9.17) is 37.4 Å². The zero-order valence-corrected chi connectivity index (χ0v) is 17.4. The highest BCUT2D eigenvalue weighted by Gasteiger charge is 2.32. The number of carbonyl (C=O) groups is 1. The van der Waals surface area contributed by atoms with E-state index in [0.717, 1.165) is 0 Å². The van der Waals surface area contributed by atoms with Crippen molar-refractivity contribution in [3.05, 3.63) is 40.4 Å². The van der Waals surface area contributed by atoms with Gasteiger partial charge in [-0.15, -0.1) is 0 Å². The van der Waals surface area contributed by atoms with Crippen LogP contribution in [0.5, 0.6) is 17.2 Å². The molecule has 28 heavy (non-hydrogen) atoms. The smallest absolute Gasteiger partial charge is 0.324 e. The van der Waals surface area contributed by atoms with Crippen molar-refractivity contribution in [2.75, 3.05) is 32.2 Å². The topological polar surface area (TPSA) is 102 Å². The van der Waals surface area contributed by atoms with Gasteiger partial charge in [-0.25, -0.2) is 8.42 Å². The molecule has 0 aliphatic rings. The predicted octanol–water partition coefficient (Wildman–Crippen LogP) is 3.30. The number of carboxylic acids is 1. The number of benzene rings is 2. The Kier molecular flexibility index (Phi) is 6.87. The molecular formula is C17H17Cl2NO7S. The molecule has 0 aliphatic heterocycles. The molecule has 1 N–H and O–H groups in total. The number of aliphatic carboxylic acids is 1. The molecule has 0 aromatic heterocycles. The molecule has 0 unspecified atom stereocenters. The van der Waals surface area contributed by atoms with Gasteiger partial charge in [-0.2, -0.15) is 0 Å². The van der Waals surface area contributed by atoms with E-state index < -0.39 is 22.5 Å². The monoisotopic (exact) mass is 449 g/mol. The highest BCUT2D eigenvalue weighted by molar-refractivity contribution is 7.93. The number of ether oxygens (including phenoxy) is 3. The van der Waals surface area contributed by atoms with Gasteiger partial charge in [-0.05, 0) is 24.3 Å². The quantitative estimate of drug-likeness (QED) is 0.659. The van der Waals surface area contributed by atoms with Crippen LogP contribution in [-0.2, 0) is 14.8 Å². The normalized spacial score (nSPS) is 11.0. The lowest BCUT2D eigenvalue weighted by Gasteiger charge is -2.25. The minimum absolute atomic E-state index is 0.00583. The molecule has 0 saturated heterocycles. The van der Waals surface area contributed by atoms with Crippen molar-refractivity contribution >= 4 is 44.9 Å². The highest BCUT2D eigenvalue weighted by atomic mass is 35.5. The lowest BCUT2D eigenvalue weighted by atomic mass is 10.2. The molecule has 0 amide bonds. The molecule has 0 saturated carbocycles. The summed E-state index contributed by atoms with van der Waals surface area (Å²) in [6.07, 6.45) is 0. The van der Waals surface area contributed by atoms with Crippen molar-refractivity contribution in [3.8, 4) is 17.2 Å². The van der Waals surface area contributed by atoms with Gasteiger partial charge >= 0.3 is 5.97 Å². The van der Waals surface area contributed by atoms with Crippen LogP contribution < -0.4 is 18.5 Å². The van der Waals surface area contributed by atoms with Gasteiger partial charge in [0.25, 0.3) is 10.0 Å². The molecule has 2 rings (SSSR count). The first-order chi connectivity index (χ1) is 13.2. The Balaban J connectivity index is 2.70. The molecule has 0 spiro atoms. The van der Waals surface area contributed by atoms with Crippen LogP contribution in [0.2, 0.25) is 10.0 Å². The number of nitrogens with zero attached hydrogens (tertiary/aromatic N) is 1. The van der Waals surface area contributed by atoms with E-state index in [1.807, 2.05) is 0 Å². The van der Waals surface area contributed by atoms with Crippen molar-refractivity contribution in [3.63, 3.8) is 0 Å². The van der Waals surface area contributed by atoms with Crippen molar-refractivity contribution < 1.29 is 32.5 Å². The summed E-state index contributed by atoms with van der Waals surface area (Å²) in [7, 11) is -0.318. The zero-order chi connectivity index (χ0) is 21.1. The van der Waals surface area contributed by atoms with Crippen LogP contribution >= 0.6 is 23.2 Å². The molecule has 0 aliphatic carbocycles. The van der Waals surface area contributed by atoms with Crippen LogP contribution in [0.15, 0.2) is 35.2 Å². The summed E-state index contributed by atoms with van der Waals surface area (Å²) in [5.74, 6) is -0.701. The average molecular weight is 450 g/mol. The van der Waals surface area contributed by atoms with Gasteiger partial charge < -0.3 is 19.3 Å². The van der Waals surface area contributed by atoms with E-state index in [-0.39, 0.29) is 32.1 Å². The number of methoxy groups -OCH3 is 3. The molecule has 0 heterocycles. The molecule has 0 radical (unpaired) electrons. The van der Waals surface area contributed by atoms with Gasteiger partial charge in [0.15, 0.2) is 0 Å². The fourth-order valence-corrected chi connectivity index (χ4v) is 4.65. The third kappa shape index (κ3) is 4.21. The Morgan fingerprint density at radius 2 is 1.64 bits per heavy atom. The van der Waals surface area contributed by atoms with E-state index >= 15 is 0 Å². The summed E-state index contributed by atoms with van der Waals surface area (Å²) >= 11 is 12.2. The van der Waals surface area contributed by atoms with Gasteiger partial charge in [0, 0.05) is 6.07 Å². The Morgan fingerprint density at radius 1 is 1.00 bits per heavy atom. The molecule has 11 heteroatoms. The van der Waals surface area contributed by atoms with Crippen LogP contribution in [-0.4, -0.2) is 47.4 Å². The van der Waals surface area contributed by atoms with E-state index in [9.17, 15) is 18.3 Å². The number of hydrogen-bond donors (Lipinski definition) is 1. The van der Waals surface area contributed by atoms with Crippen LogP contribution in [0.4, 0.5) is 5.69 Å². The van der Waals surface area contributed by atoms with Gasteiger partial charge in [-0.3, -0.25) is 9.10 Å². The van der Waals surface area contributed by atoms with Crippen molar-refractivity contribution in [2.24, 2.45) is 0 Å². The number of rotatable bonds is 8. The highest BCUT2D eigenvalue weighted by Crippen LogP contribution is 2.40. The second-order valence-corrected chi connectivity index (χ2v) is 7.92. The molecule has 2 aromatic rings. The third-order valence-electron chi connectivity index (χ3n) is 3.73. The lowest BCUT2D eigenvalue weighted by Crippen LogP contribution is -2.36. The van der Waals surface area contributed by atoms with Crippen LogP contribution in [0.25, 0.3) is 0 Å². The van der Waals surface area contributed by atoms with Crippen molar-refractivity contribution in [2.45, 2.75) is 4.90 Å². The summed E-state index contributed by atoms with van der Waals surface area (Å²) in [6.45, 7) is -0.870. The largest absolute Gasteiger partial charge is 0.497 e. The molecule has 0 atom stereocenters. The summed E-state index contributed by atoms with van der Waals surface area (Å²) < 4.78 is 42.5. The molecule has 0 bridgehead atoms. The number of carboxylic acid groups (broad SMARTS) is 1. The second kappa shape index (κ2) is 8.76. The standard InChI is InChI=1S/C17H17Cl2NO7S/c1-25-10-4-5-11(13(8-10)27-3)20(9-15(21)22)28(23,24)14-7-6-12(26-2)16(18)17(14)19/h4-8H,9H2,1-3H3,(H,21,22). The van der Waals surface area contributed by atoms with E-state index in [0.29, 0.717) is 10.1 Å². The lowest BCUT2D eigenvalue weighted by molar-refractivity contribution is -0.135. The summed E-state index contributed by atoms with van der Waals surface area (Å²) in [6, 6.07) is 6.79. The summed E-state index contributed by atoms with van der Waals surface area (Å²) in [5, 5.41) is 8.88. The molecule has 0 fully saturated rings. The Bertz CT molecular complexity index is 995. The summed E-state index contributed by atoms with van der Waals surface area (Å²) in [5.41, 5.74) is -0.00583. The SMILES string of the molecule is COc1ccc(N(CC(=O)O)S(=O)(=O)c2ccc(OC)c(Cl)c2Cl)c(OC)c1. The summed E-state index contributed by atoms with van der Waals surface area (Å²) in [4.78, 5) is 11.0. The maximum Gasteiger partial charge on any atom is 0.324 e. The first-order valence-electron chi connectivity index (χ1n) is 7.65. The fourth-order valence-electron chi connectivity index (χ4n) is 2.40. The molecule has 152 valence electrons. The average Bonchev–Trinajstić information content (AvgIpc) is 2.67. The Labute approximate surface area is 172 Å². The van der Waals surface area contributed by atoms with Gasteiger partial charge in [0.1, 0.15) is 33.7 Å². The minimum Gasteiger partial charge on any atom is -0.497 e. The zero-order valence-electron chi connectivity index (χ0n) is 15.1. The fraction of sp³-hybridized carbons (Fsp3) is 0.235. The van der Waals surface area contributed by atoms with Gasteiger partial charge in [-0.1, -0.05) is 23.2 Å². The Morgan fingerprint density at radius 3 is 2.18 bits per heavy atom. The molecule has 2 aromatic carbocycles. The van der Waals surface area contributed by atoms with Crippen LogP contribution in [0, 0.1) is 0 Å². The minimum atomic E-state index is -4.42. The number of halogens is 2. The van der Waals surface area contributed by atoms with Crippen molar-refractivity contribution in [1.82, 2.24) is 0 Å². The maximum atomic E-state index is 13.3. The maximum absolute atomic E-state index is 13.3. The third-order valence-corrected chi connectivity index (χ3v) is 6.51. The van der Waals surface area contributed by atoms with E-state index in [1.165, 1.54) is 51.7 Å². The second-order valence-electron chi connectivity index (χ2n) is 5.34. The van der Waals surface area contributed by atoms with Crippen molar-refractivity contribution in [1.29, 1.82) is 0 Å².